The van der Waals surface area contributed by atoms with Gasteiger partial charge in [-0.3, -0.25) is 10.5 Å². The predicted molar refractivity (Wildman–Crippen MR) is 73.2 cm³/mol. The maximum Gasteiger partial charge on any atom is 0.0835 e. The zero-order chi connectivity index (χ0) is 13.3. The molecule has 1 unspecified atom stereocenters. The smallest absolute Gasteiger partial charge is 0.0835 e. The van der Waals surface area contributed by atoms with E-state index in [2.05, 4.69) is 29.5 Å². The second-order valence-electron chi connectivity index (χ2n) is 5.31. The maximum atomic E-state index is 6.27. The molecule has 1 atom stereocenters. The molecule has 2 rings (SSSR count). The van der Waals surface area contributed by atoms with Crippen LogP contribution in [0.15, 0.2) is 6.20 Å². The number of nitrogens with two attached hydrogens (primary N) is 1. The number of hydrazine groups is 1. The van der Waals surface area contributed by atoms with Crippen LogP contribution in [0.5, 0.6) is 0 Å². The number of aryl methyl sites for hydroxylation is 1. The highest BCUT2D eigenvalue weighted by atomic mass is 35.5. The number of likely N-dealkylation sites (N-methyl/N-ethyl adjacent to an activating group) is 1. The average Bonchev–Trinajstić information content (AvgIpc) is 2.92. The van der Waals surface area contributed by atoms with E-state index in [1.807, 2.05) is 11.7 Å². The van der Waals surface area contributed by atoms with Crippen LogP contribution >= 0.6 is 11.6 Å². The summed E-state index contributed by atoms with van der Waals surface area (Å²) in [6.45, 7) is 0. The molecule has 6 heteroatoms. The number of hydrogen-bond acceptors (Lipinski definition) is 4. The summed E-state index contributed by atoms with van der Waals surface area (Å²) in [4.78, 5) is 2.27. The number of aromatic nitrogens is 2. The number of hydrogen-bond donors (Lipinski definition) is 2. The highest BCUT2D eigenvalue weighted by molar-refractivity contribution is 6.31. The summed E-state index contributed by atoms with van der Waals surface area (Å²) in [6.07, 6.45) is 6.38. The van der Waals surface area contributed by atoms with Gasteiger partial charge in [0.1, 0.15) is 0 Å². The van der Waals surface area contributed by atoms with Gasteiger partial charge in [-0.05, 0) is 26.9 Å². The molecule has 3 N–H and O–H groups in total. The van der Waals surface area contributed by atoms with Crippen molar-refractivity contribution in [1.82, 2.24) is 20.1 Å². The molecule has 0 aromatic carbocycles. The van der Waals surface area contributed by atoms with Crippen LogP contribution in [0.25, 0.3) is 0 Å². The molecule has 18 heavy (non-hydrogen) atoms. The first kappa shape index (κ1) is 13.8. The molecular weight excluding hydrogens is 250 g/mol. The van der Waals surface area contributed by atoms with Crippen LogP contribution in [-0.4, -0.2) is 34.3 Å². The third-order valence-corrected chi connectivity index (χ3v) is 4.57. The molecule has 1 aliphatic carbocycles. The Morgan fingerprint density at radius 1 is 1.50 bits per heavy atom. The molecule has 0 radical (unpaired) electrons. The first-order valence-electron chi connectivity index (χ1n) is 6.34. The molecule has 1 aliphatic rings. The van der Waals surface area contributed by atoms with Gasteiger partial charge in [0, 0.05) is 12.6 Å². The third kappa shape index (κ3) is 2.05. The fourth-order valence-electron chi connectivity index (χ4n) is 3.21. The van der Waals surface area contributed by atoms with Crippen molar-refractivity contribution in [2.45, 2.75) is 37.3 Å². The number of rotatable bonds is 4. The molecule has 1 aromatic heterocycles. The van der Waals surface area contributed by atoms with Gasteiger partial charge in [-0.2, -0.15) is 5.10 Å². The van der Waals surface area contributed by atoms with E-state index in [0.29, 0.717) is 5.02 Å². The van der Waals surface area contributed by atoms with E-state index < -0.39 is 0 Å². The Labute approximate surface area is 113 Å². The summed E-state index contributed by atoms with van der Waals surface area (Å²) < 4.78 is 1.82. The first-order valence-corrected chi connectivity index (χ1v) is 6.71. The van der Waals surface area contributed by atoms with Crippen LogP contribution in [-0.2, 0) is 7.05 Å². The molecule has 102 valence electrons. The minimum Gasteiger partial charge on any atom is -0.302 e. The molecule has 1 heterocycles. The molecule has 0 saturated heterocycles. The van der Waals surface area contributed by atoms with Crippen molar-refractivity contribution in [1.29, 1.82) is 0 Å². The van der Waals surface area contributed by atoms with Crippen molar-refractivity contribution in [2.24, 2.45) is 12.9 Å². The second kappa shape index (κ2) is 5.17. The normalized spacial score (nSPS) is 20.6. The standard InChI is InChI=1S/C12H22ClN5/c1-17(2)12(6-4-5-7-12)11(16-14)10-9(13)8-15-18(10)3/h8,11,16H,4-7,14H2,1-3H3. The Kier molecular flexibility index (Phi) is 3.96. The summed E-state index contributed by atoms with van der Waals surface area (Å²) in [5.74, 6) is 5.83. The van der Waals surface area contributed by atoms with Crippen LogP contribution in [0.1, 0.15) is 37.4 Å². The minimum atomic E-state index is -0.00463. The number of halogens is 1. The van der Waals surface area contributed by atoms with Crippen molar-refractivity contribution in [3.63, 3.8) is 0 Å². The lowest BCUT2D eigenvalue weighted by Crippen LogP contribution is -2.54. The van der Waals surface area contributed by atoms with Gasteiger partial charge in [-0.1, -0.05) is 24.4 Å². The number of nitrogens with zero attached hydrogens (tertiary/aromatic N) is 3. The largest absolute Gasteiger partial charge is 0.302 e. The predicted octanol–water partition coefficient (Wildman–Crippen LogP) is 1.45. The van der Waals surface area contributed by atoms with Crippen LogP contribution in [0.4, 0.5) is 0 Å². The lowest BCUT2D eigenvalue weighted by Gasteiger charge is -2.43. The highest BCUT2D eigenvalue weighted by Gasteiger charge is 2.45. The van der Waals surface area contributed by atoms with Gasteiger partial charge >= 0.3 is 0 Å². The maximum absolute atomic E-state index is 6.27. The van der Waals surface area contributed by atoms with Gasteiger partial charge in [-0.15, -0.1) is 0 Å². The van der Waals surface area contributed by atoms with Crippen LogP contribution in [0, 0.1) is 0 Å². The average molecular weight is 272 g/mol. The van der Waals surface area contributed by atoms with E-state index >= 15 is 0 Å². The van der Waals surface area contributed by atoms with E-state index in [4.69, 9.17) is 17.4 Å². The fraction of sp³-hybridized carbons (Fsp3) is 0.750. The Bertz CT molecular complexity index is 389. The van der Waals surface area contributed by atoms with E-state index in [-0.39, 0.29) is 11.6 Å². The molecule has 1 saturated carbocycles. The van der Waals surface area contributed by atoms with Crippen molar-refractivity contribution in [3.8, 4) is 0 Å². The van der Waals surface area contributed by atoms with Gasteiger partial charge in [0.05, 0.1) is 23.0 Å². The number of nitrogens with one attached hydrogen (secondary N) is 1. The molecular formula is C12H22ClN5. The van der Waals surface area contributed by atoms with E-state index in [1.54, 1.807) is 6.20 Å². The summed E-state index contributed by atoms with van der Waals surface area (Å²) in [5.41, 5.74) is 3.95. The van der Waals surface area contributed by atoms with Crippen molar-refractivity contribution < 1.29 is 0 Å². The minimum absolute atomic E-state index is 0.00463. The molecule has 1 fully saturated rings. The van der Waals surface area contributed by atoms with Crippen LogP contribution < -0.4 is 11.3 Å². The Morgan fingerprint density at radius 3 is 2.50 bits per heavy atom. The summed E-state index contributed by atoms with van der Waals surface area (Å²) >= 11 is 6.27. The monoisotopic (exact) mass is 271 g/mol. The van der Waals surface area contributed by atoms with Gasteiger partial charge in [0.2, 0.25) is 0 Å². The summed E-state index contributed by atoms with van der Waals surface area (Å²) in [7, 11) is 6.13. The molecule has 5 nitrogen and oxygen atoms in total. The van der Waals surface area contributed by atoms with Gasteiger partial charge in [0.15, 0.2) is 0 Å². The summed E-state index contributed by atoms with van der Waals surface area (Å²) in [5, 5.41) is 4.89. The Morgan fingerprint density at radius 2 is 2.11 bits per heavy atom. The van der Waals surface area contributed by atoms with Crippen molar-refractivity contribution >= 4 is 11.6 Å². The van der Waals surface area contributed by atoms with Crippen LogP contribution in [0.2, 0.25) is 5.02 Å². The lowest BCUT2D eigenvalue weighted by molar-refractivity contribution is 0.101. The van der Waals surface area contributed by atoms with Gasteiger partial charge < -0.3 is 4.90 Å². The lowest BCUT2D eigenvalue weighted by atomic mass is 9.85. The zero-order valence-corrected chi connectivity index (χ0v) is 12.0. The molecule has 0 spiro atoms. The van der Waals surface area contributed by atoms with Crippen molar-refractivity contribution in [2.75, 3.05) is 14.1 Å². The first-order chi connectivity index (χ1) is 8.53. The van der Waals surface area contributed by atoms with Gasteiger partial charge in [0.25, 0.3) is 0 Å². The second-order valence-corrected chi connectivity index (χ2v) is 5.71. The quantitative estimate of drug-likeness (QED) is 0.643. The fourth-order valence-corrected chi connectivity index (χ4v) is 3.49. The topological polar surface area (TPSA) is 59.1 Å². The zero-order valence-electron chi connectivity index (χ0n) is 11.3. The molecule has 0 bridgehead atoms. The molecule has 0 aliphatic heterocycles. The SMILES string of the molecule is CN(C)C1(C(NN)c2c(Cl)cnn2C)CCCC1. The van der Waals surface area contributed by atoms with Crippen LogP contribution in [0.3, 0.4) is 0 Å². The molecule has 1 aromatic rings. The molecule has 0 amide bonds. The van der Waals surface area contributed by atoms with E-state index in [9.17, 15) is 0 Å². The third-order valence-electron chi connectivity index (χ3n) is 4.28. The Balaban J connectivity index is 2.44. The Hall–Kier alpha value is -0.620. The van der Waals surface area contributed by atoms with E-state index in [1.165, 1.54) is 12.8 Å². The summed E-state index contributed by atoms with van der Waals surface area (Å²) in [6, 6.07) is -0.00463. The van der Waals surface area contributed by atoms with E-state index in [0.717, 1.165) is 18.5 Å². The van der Waals surface area contributed by atoms with Crippen molar-refractivity contribution in [3.05, 3.63) is 16.9 Å². The highest BCUT2D eigenvalue weighted by Crippen LogP contribution is 2.44. The van der Waals surface area contributed by atoms with Gasteiger partial charge in [-0.25, -0.2) is 5.43 Å².